The van der Waals surface area contributed by atoms with Crippen LogP contribution < -0.4 is 5.73 Å². The first-order valence-corrected chi connectivity index (χ1v) is 8.15. The lowest BCUT2D eigenvalue weighted by Crippen LogP contribution is -2.39. The standard InChI is InChI=1S/C13H16ClN3OS2.ClH/c1-7(6-15)17(3)13(18)11-8(2)16-12(20-11)9-4-5-10(14)19-9;/h4-5,7H,6,15H2,1-3H3;1H. The first-order valence-electron chi connectivity index (χ1n) is 6.14. The third-order valence-electron chi connectivity index (χ3n) is 3.10. The third kappa shape index (κ3) is 3.96. The van der Waals surface area contributed by atoms with E-state index in [1.807, 2.05) is 26.0 Å². The van der Waals surface area contributed by atoms with E-state index in [2.05, 4.69) is 4.98 Å². The molecule has 116 valence electrons. The molecule has 0 aliphatic heterocycles. The molecule has 0 aliphatic rings. The second kappa shape index (κ2) is 7.56. The number of amides is 1. The lowest BCUT2D eigenvalue weighted by atomic mass is 10.2. The maximum Gasteiger partial charge on any atom is 0.265 e. The summed E-state index contributed by atoms with van der Waals surface area (Å²) < 4.78 is 0.717. The Morgan fingerprint density at radius 2 is 2.14 bits per heavy atom. The van der Waals surface area contributed by atoms with Crippen molar-refractivity contribution in [2.75, 3.05) is 13.6 Å². The van der Waals surface area contributed by atoms with E-state index < -0.39 is 0 Å². The van der Waals surface area contributed by atoms with Gasteiger partial charge in [0.2, 0.25) is 0 Å². The Morgan fingerprint density at radius 3 is 2.67 bits per heavy atom. The van der Waals surface area contributed by atoms with Gasteiger partial charge in [0.15, 0.2) is 0 Å². The Labute approximate surface area is 143 Å². The van der Waals surface area contributed by atoms with Gasteiger partial charge in [-0.3, -0.25) is 4.79 Å². The van der Waals surface area contributed by atoms with Gasteiger partial charge in [-0.05, 0) is 26.0 Å². The fourth-order valence-corrected chi connectivity index (χ4v) is 3.79. The molecule has 2 aromatic rings. The summed E-state index contributed by atoms with van der Waals surface area (Å²) in [6, 6.07) is 3.76. The Morgan fingerprint density at radius 1 is 1.48 bits per heavy atom. The Hall–Kier alpha value is -0.660. The molecule has 4 nitrogen and oxygen atoms in total. The monoisotopic (exact) mass is 365 g/mol. The number of nitrogens with two attached hydrogens (primary N) is 1. The van der Waals surface area contributed by atoms with Gasteiger partial charge in [0.05, 0.1) is 14.9 Å². The molecule has 0 bridgehead atoms. The zero-order chi connectivity index (χ0) is 14.9. The van der Waals surface area contributed by atoms with Crippen molar-refractivity contribution in [2.24, 2.45) is 5.73 Å². The second-order valence-electron chi connectivity index (χ2n) is 4.54. The average molecular weight is 366 g/mol. The number of rotatable bonds is 4. The first kappa shape index (κ1) is 18.4. The predicted molar refractivity (Wildman–Crippen MR) is 93.0 cm³/mol. The van der Waals surface area contributed by atoms with E-state index in [0.29, 0.717) is 11.4 Å². The van der Waals surface area contributed by atoms with E-state index in [4.69, 9.17) is 17.3 Å². The van der Waals surface area contributed by atoms with Crippen LogP contribution in [0, 0.1) is 6.92 Å². The average Bonchev–Trinajstić information content (AvgIpc) is 3.02. The van der Waals surface area contributed by atoms with Crippen LogP contribution in [0.15, 0.2) is 12.1 Å². The molecule has 0 aromatic carbocycles. The number of aromatic nitrogens is 1. The van der Waals surface area contributed by atoms with Crippen LogP contribution in [0.1, 0.15) is 22.3 Å². The van der Waals surface area contributed by atoms with Crippen LogP contribution >= 0.6 is 46.7 Å². The van der Waals surface area contributed by atoms with Gasteiger partial charge in [0.1, 0.15) is 9.88 Å². The molecule has 2 aromatic heterocycles. The molecule has 1 amide bonds. The molecule has 8 heteroatoms. The number of hydrogen-bond donors (Lipinski definition) is 1. The molecular formula is C13H17Cl2N3OS2. The number of aryl methyl sites for hydroxylation is 1. The lowest BCUT2D eigenvalue weighted by Gasteiger charge is -2.23. The molecule has 2 N–H and O–H groups in total. The minimum Gasteiger partial charge on any atom is -0.337 e. The number of carbonyl (C=O) groups excluding carboxylic acids is 1. The number of carbonyl (C=O) groups is 1. The highest BCUT2D eigenvalue weighted by atomic mass is 35.5. The number of thiazole rings is 1. The van der Waals surface area contributed by atoms with Gasteiger partial charge in [-0.25, -0.2) is 4.98 Å². The molecular weight excluding hydrogens is 349 g/mol. The van der Waals surface area contributed by atoms with Crippen LogP contribution in [0.25, 0.3) is 9.88 Å². The van der Waals surface area contributed by atoms with E-state index in [0.717, 1.165) is 19.9 Å². The second-order valence-corrected chi connectivity index (χ2v) is 7.25. The van der Waals surface area contributed by atoms with Crippen LogP contribution in [0.3, 0.4) is 0 Å². The molecule has 0 fully saturated rings. The molecule has 0 aliphatic carbocycles. The highest BCUT2D eigenvalue weighted by molar-refractivity contribution is 7.24. The molecule has 0 saturated heterocycles. The quantitative estimate of drug-likeness (QED) is 0.898. The summed E-state index contributed by atoms with van der Waals surface area (Å²) in [6.45, 7) is 4.21. The number of halogens is 2. The maximum atomic E-state index is 12.4. The SMILES string of the molecule is Cc1nc(-c2ccc(Cl)s2)sc1C(=O)N(C)C(C)CN.Cl. The minimum atomic E-state index is -0.0353. The Bertz CT molecular complexity index is 627. The largest absolute Gasteiger partial charge is 0.337 e. The number of thiophene rings is 1. The van der Waals surface area contributed by atoms with E-state index in [-0.39, 0.29) is 24.4 Å². The Kier molecular flexibility index (Phi) is 6.62. The van der Waals surface area contributed by atoms with Crippen molar-refractivity contribution in [3.05, 3.63) is 27.0 Å². The van der Waals surface area contributed by atoms with E-state index >= 15 is 0 Å². The third-order valence-corrected chi connectivity index (χ3v) is 5.64. The minimum absolute atomic E-state index is 0. The molecule has 0 radical (unpaired) electrons. The smallest absolute Gasteiger partial charge is 0.265 e. The molecule has 0 spiro atoms. The number of likely N-dealkylation sites (N-methyl/N-ethyl adjacent to an activating group) is 1. The summed E-state index contributed by atoms with van der Waals surface area (Å²) in [5, 5.41) is 0.830. The number of nitrogens with zero attached hydrogens (tertiary/aromatic N) is 2. The molecule has 0 saturated carbocycles. The first-order chi connectivity index (χ1) is 9.43. The summed E-state index contributed by atoms with van der Waals surface area (Å²) in [5.74, 6) is -0.0353. The lowest BCUT2D eigenvalue weighted by molar-refractivity contribution is 0.0752. The van der Waals surface area contributed by atoms with Gasteiger partial charge in [-0.2, -0.15) is 0 Å². The normalized spacial score (nSPS) is 11.9. The van der Waals surface area contributed by atoms with Crippen molar-refractivity contribution < 1.29 is 4.79 Å². The fraction of sp³-hybridized carbons (Fsp3) is 0.385. The van der Waals surface area contributed by atoms with Crippen molar-refractivity contribution in [3.63, 3.8) is 0 Å². The topological polar surface area (TPSA) is 59.2 Å². The van der Waals surface area contributed by atoms with Crippen LogP contribution in [-0.4, -0.2) is 35.4 Å². The van der Waals surface area contributed by atoms with E-state index in [1.54, 1.807) is 11.9 Å². The summed E-state index contributed by atoms with van der Waals surface area (Å²) >= 11 is 8.80. The maximum absolute atomic E-state index is 12.4. The predicted octanol–water partition coefficient (Wildman–Crippen LogP) is 3.67. The summed E-state index contributed by atoms with van der Waals surface area (Å²) in [6.07, 6.45) is 0. The zero-order valence-corrected chi connectivity index (χ0v) is 15.1. The summed E-state index contributed by atoms with van der Waals surface area (Å²) in [7, 11) is 1.76. The van der Waals surface area contributed by atoms with Crippen LogP contribution in [-0.2, 0) is 0 Å². The van der Waals surface area contributed by atoms with Crippen molar-refractivity contribution in [3.8, 4) is 9.88 Å². The molecule has 21 heavy (non-hydrogen) atoms. The van der Waals surface area contributed by atoms with Gasteiger partial charge in [0, 0.05) is 19.6 Å². The highest BCUT2D eigenvalue weighted by Gasteiger charge is 2.22. The van der Waals surface area contributed by atoms with Crippen molar-refractivity contribution in [1.82, 2.24) is 9.88 Å². The number of hydrogen-bond acceptors (Lipinski definition) is 5. The summed E-state index contributed by atoms with van der Waals surface area (Å²) in [4.78, 5) is 20.2. The summed E-state index contributed by atoms with van der Waals surface area (Å²) in [5.41, 5.74) is 6.35. The van der Waals surface area contributed by atoms with E-state index in [1.165, 1.54) is 22.7 Å². The van der Waals surface area contributed by atoms with Gasteiger partial charge < -0.3 is 10.6 Å². The zero-order valence-electron chi connectivity index (χ0n) is 11.9. The van der Waals surface area contributed by atoms with Crippen molar-refractivity contribution >= 4 is 52.6 Å². The van der Waals surface area contributed by atoms with Crippen LogP contribution in [0.5, 0.6) is 0 Å². The Balaban J connectivity index is 0.00000220. The van der Waals surface area contributed by atoms with Crippen LogP contribution in [0.4, 0.5) is 0 Å². The highest BCUT2D eigenvalue weighted by Crippen LogP contribution is 2.35. The van der Waals surface area contributed by atoms with Gasteiger partial charge >= 0.3 is 0 Å². The van der Waals surface area contributed by atoms with Gasteiger partial charge in [-0.1, -0.05) is 11.6 Å². The fourth-order valence-electron chi connectivity index (χ4n) is 1.65. The van der Waals surface area contributed by atoms with Gasteiger partial charge in [0.25, 0.3) is 5.91 Å². The molecule has 1 unspecified atom stereocenters. The molecule has 1 atom stereocenters. The van der Waals surface area contributed by atoms with Crippen LogP contribution in [0.2, 0.25) is 4.34 Å². The van der Waals surface area contributed by atoms with Crippen molar-refractivity contribution in [2.45, 2.75) is 19.9 Å². The van der Waals surface area contributed by atoms with Gasteiger partial charge in [-0.15, -0.1) is 35.1 Å². The van der Waals surface area contributed by atoms with Crippen molar-refractivity contribution in [1.29, 1.82) is 0 Å². The molecule has 2 rings (SSSR count). The van der Waals surface area contributed by atoms with E-state index in [9.17, 15) is 4.79 Å². The molecule has 2 heterocycles.